The molecule has 0 unspecified atom stereocenters. The lowest BCUT2D eigenvalue weighted by molar-refractivity contribution is -0.151. The van der Waals surface area contributed by atoms with Gasteiger partial charge >= 0.3 is 5.97 Å². The maximum Gasteiger partial charge on any atom is 0.316 e. The molecule has 0 fully saturated rings. The van der Waals surface area contributed by atoms with Crippen LogP contribution in [0.3, 0.4) is 0 Å². The van der Waals surface area contributed by atoms with Gasteiger partial charge in [-0.1, -0.05) is 11.8 Å². The van der Waals surface area contributed by atoms with Crippen LogP contribution in [0.2, 0.25) is 0 Å². The van der Waals surface area contributed by atoms with Crippen LogP contribution in [-0.4, -0.2) is 36.5 Å². The zero-order valence-corrected chi connectivity index (χ0v) is 16.8. The highest BCUT2D eigenvalue weighted by Gasteiger charge is 2.18. The van der Waals surface area contributed by atoms with E-state index in [4.69, 9.17) is 14.2 Å². The Morgan fingerprint density at radius 2 is 1.85 bits per heavy atom. The van der Waals surface area contributed by atoms with Crippen molar-refractivity contribution in [1.29, 1.82) is 5.26 Å². The summed E-state index contributed by atoms with van der Waals surface area (Å²) < 4.78 is 15.9. The molecule has 0 atom stereocenters. The first-order chi connectivity index (χ1) is 12.8. The summed E-state index contributed by atoms with van der Waals surface area (Å²) in [5.74, 6) is 0.933. The number of esters is 1. The molecule has 0 saturated carbocycles. The molecule has 0 bridgehead atoms. The Kier molecular flexibility index (Phi) is 6.70. The third-order valence-corrected chi connectivity index (χ3v) is 4.37. The van der Waals surface area contributed by atoms with Crippen LogP contribution in [0.4, 0.5) is 0 Å². The average molecular weight is 386 g/mol. The summed E-state index contributed by atoms with van der Waals surface area (Å²) in [7, 11) is 3.14. The molecule has 2 rings (SSSR count). The van der Waals surface area contributed by atoms with E-state index in [0.717, 1.165) is 5.56 Å². The van der Waals surface area contributed by atoms with Gasteiger partial charge in [0, 0.05) is 5.56 Å². The van der Waals surface area contributed by atoms with Crippen molar-refractivity contribution in [2.24, 2.45) is 0 Å². The monoisotopic (exact) mass is 386 g/mol. The van der Waals surface area contributed by atoms with Crippen molar-refractivity contribution in [1.82, 2.24) is 4.98 Å². The molecular weight excluding hydrogens is 364 g/mol. The van der Waals surface area contributed by atoms with E-state index >= 15 is 0 Å². The molecule has 142 valence electrons. The van der Waals surface area contributed by atoms with E-state index in [2.05, 4.69) is 11.1 Å². The SMILES string of the molecule is COc1ccc(-c2ccc(C#N)c(SCC(=O)OC(C)(C)C)n2)cc1OC. The van der Waals surface area contributed by atoms with Crippen molar-refractivity contribution in [3.63, 3.8) is 0 Å². The molecule has 0 aliphatic rings. The number of thioether (sulfide) groups is 1. The first-order valence-electron chi connectivity index (χ1n) is 8.25. The summed E-state index contributed by atoms with van der Waals surface area (Å²) in [5.41, 5.74) is 1.34. The van der Waals surface area contributed by atoms with Gasteiger partial charge in [0.25, 0.3) is 0 Å². The Hall–Kier alpha value is -2.72. The van der Waals surface area contributed by atoms with Gasteiger partial charge in [-0.3, -0.25) is 4.79 Å². The second-order valence-electron chi connectivity index (χ2n) is 6.61. The van der Waals surface area contributed by atoms with Crippen LogP contribution in [0.15, 0.2) is 35.4 Å². The van der Waals surface area contributed by atoms with Gasteiger partial charge < -0.3 is 14.2 Å². The van der Waals surface area contributed by atoms with E-state index in [1.807, 2.05) is 32.9 Å². The van der Waals surface area contributed by atoms with Gasteiger partial charge in [0.2, 0.25) is 0 Å². The van der Waals surface area contributed by atoms with E-state index in [1.54, 1.807) is 32.4 Å². The number of carbonyl (C=O) groups excluding carboxylic acids is 1. The number of carbonyl (C=O) groups is 1. The van der Waals surface area contributed by atoms with Crippen LogP contribution < -0.4 is 9.47 Å². The van der Waals surface area contributed by atoms with Gasteiger partial charge in [0.05, 0.1) is 31.2 Å². The Bertz CT molecular complexity index is 869. The van der Waals surface area contributed by atoms with Gasteiger partial charge in [-0.2, -0.15) is 5.26 Å². The molecule has 1 heterocycles. The average Bonchev–Trinajstić information content (AvgIpc) is 2.64. The normalized spacial score (nSPS) is 10.8. The number of methoxy groups -OCH3 is 2. The number of ether oxygens (including phenoxy) is 3. The molecule has 0 amide bonds. The fraction of sp³-hybridized carbons (Fsp3) is 0.350. The van der Waals surface area contributed by atoms with Gasteiger partial charge in [-0.05, 0) is 51.1 Å². The molecule has 6 nitrogen and oxygen atoms in total. The first-order valence-corrected chi connectivity index (χ1v) is 9.24. The largest absolute Gasteiger partial charge is 0.493 e. The summed E-state index contributed by atoms with van der Waals surface area (Å²) in [5, 5.41) is 9.81. The number of nitrogens with zero attached hydrogens (tertiary/aromatic N) is 2. The van der Waals surface area contributed by atoms with Crippen molar-refractivity contribution < 1.29 is 19.0 Å². The third kappa shape index (κ3) is 5.63. The van der Waals surface area contributed by atoms with Gasteiger partial charge in [0.15, 0.2) is 11.5 Å². The predicted octanol–water partition coefficient (Wildman–Crippen LogP) is 4.07. The number of hydrogen-bond donors (Lipinski definition) is 0. The van der Waals surface area contributed by atoms with Crippen LogP contribution in [0, 0.1) is 11.3 Å². The minimum atomic E-state index is -0.551. The highest BCUT2D eigenvalue weighted by atomic mass is 32.2. The molecule has 0 aliphatic carbocycles. The van der Waals surface area contributed by atoms with E-state index in [1.165, 1.54) is 11.8 Å². The fourth-order valence-electron chi connectivity index (χ4n) is 2.29. The zero-order chi connectivity index (χ0) is 20.0. The smallest absolute Gasteiger partial charge is 0.316 e. The number of nitriles is 1. The standard InChI is InChI=1S/C20H22N2O4S/c1-20(2,3)26-18(23)12-27-19-14(11-21)6-8-15(22-19)13-7-9-16(24-4)17(10-13)25-5/h6-10H,12H2,1-5H3. The second kappa shape index (κ2) is 8.78. The van der Waals surface area contributed by atoms with Crippen LogP contribution in [0.1, 0.15) is 26.3 Å². The molecule has 1 aromatic heterocycles. The van der Waals surface area contributed by atoms with E-state index in [9.17, 15) is 10.1 Å². The lowest BCUT2D eigenvalue weighted by Crippen LogP contribution is -2.24. The summed E-state index contributed by atoms with van der Waals surface area (Å²) >= 11 is 1.18. The molecule has 27 heavy (non-hydrogen) atoms. The van der Waals surface area contributed by atoms with Crippen molar-refractivity contribution in [2.75, 3.05) is 20.0 Å². The zero-order valence-electron chi connectivity index (χ0n) is 16.0. The molecular formula is C20H22N2O4S. The summed E-state index contributed by atoms with van der Waals surface area (Å²) in [6, 6.07) is 11.0. The van der Waals surface area contributed by atoms with Crippen LogP contribution in [0.5, 0.6) is 11.5 Å². The number of benzene rings is 1. The Labute approximate surface area is 163 Å². The fourth-order valence-corrected chi connectivity index (χ4v) is 3.04. The lowest BCUT2D eigenvalue weighted by atomic mass is 10.1. The molecule has 0 N–H and O–H groups in total. The molecule has 0 aliphatic heterocycles. The van der Waals surface area contributed by atoms with Crippen molar-refractivity contribution >= 4 is 17.7 Å². The van der Waals surface area contributed by atoms with Crippen molar-refractivity contribution in [3.05, 3.63) is 35.9 Å². The lowest BCUT2D eigenvalue weighted by Gasteiger charge is -2.19. The summed E-state index contributed by atoms with van der Waals surface area (Å²) in [6.07, 6.45) is 0. The molecule has 1 aromatic carbocycles. The molecule has 7 heteroatoms. The summed E-state index contributed by atoms with van der Waals surface area (Å²) in [6.45, 7) is 5.44. The Balaban J connectivity index is 2.27. The van der Waals surface area contributed by atoms with Crippen molar-refractivity contribution in [3.8, 4) is 28.8 Å². The Morgan fingerprint density at radius 3 is 2.44 bits per heavy atom. The number of pyridine rings is 1. The quantitative estimate of drug-likeness (QED) is 0.547. The van der Waals surface area contributed by atoms with Gasteiger partial charge in [-0.25, -0.2) is 4.98 Å². The third-order valence-electron chi connectivity index (χ3n) is 3.41. The van der Waals surface area contributed by atoms with Crippen molar-refractivity contribution in [2.45, 2.75) is 31.4 Å². The van der Waals surface area contributed by atoms with Crippen LogP contribution in [-0.2, 0) is 9.53 Å². The molecule has 0 radical (unpaired) electrons. The summed E-state index contributed by atoms with van der Waals surface area (Å²) in [4.78, 5) is 16.5. The van der Waals surface area contributed by atoms with E-state index < -0.39 is 5.60 Å². The topological polar surface area (TPSA) is 81.4 Å². The molecule has 0 spiro atoms. The maximum absolute atomic E-state index is 12.0. The minimum absolute atomic E-state index is 0.0777. The van der Waals surface area contributed by atoms with E-state index in [-0.39, 0.29) is 11.7 Å². The van der Waals surface area contributed by atoms with Gasteiger partial charge in [-0.15, -0.1) is 0 Å². The van der Waals surface area contributed by atoms with Crippen LogP contribution in [0.25, 0.3) is 11.3 Å². The number of aromatic nitrogens is 1. The first kappa shape index (κ1) is 20.6. The van der Waals surface area contributed by atoms with Crippen LogP contribution >= 0.6 is 11.8 Å². The number of hydrogen-bond acceptors (Lipinski definition) is 7. The predicted molar refractivity (Wildman–Crippen MR) is 104 cm³/mol. The second-order valence-corrected chi connectivity index (χ2v) is 7.57. The molecule has 0 saturated heterocycles. The Morgan fingerprint density at radius 1 is 1.15 bits per heavy atom. The maximum atomic E-state index is 12.0. The minimum Gasteiger partial charge on any atom is -0.493 e. The highest BCUT2D eigenvalue weighted by molar-refractivity contribution is 7.99. The number of rotatable bonds is 6. The molecule has 2 aromatic rings. The van der Waals surface area contributed by atoms with Gasteiger partial charge in [0.1, 0.15) is 16.7 Å². The highest BCUT2D eigenvalue weighted by Crippen LogP contribution is 2.33. The van der Waals surface area contributed by atoms with E-state index in [0.29, 0.717) is 27.8 Å².